The summed E-state index contributed by atoms with van der Waals surface area (Å²) in [6, 6.07) is 5.93. The fourth-order valence-electron chi connectivity index (χ4n) is 1.23. The minimum atomic E-state index is 0.00318. The van der Waals surface area contributed by atoms with Crippen LogP contribution in [0.1, 0.15) is 19.5 Å². The van der Waals surface area contributed by atoms with E-state index in [1.165, 1.54) is 6.92 Å². The van der Waals surface area contributed by atoms with Gasteiger partial charge in [0.25, 0.3) is 0 Å². The normalized spacial score (nSPS) is 12.2. The van der Waals surface area contributed by atoms with Crippen molar-refractivity contribution in [3.8, 4) is 0 Å². The number of amides is 1. The molecule has 70 valence electrons. The van der Waals surface area contributed by atoms with Crippen molar-refractivity contribution in [1.29, 1.82) is 0 Å². The predicted octanol–water partition coefficient (Wildman–Crippen LogP) is 1.15. The fourth-order valence-corrected chi connectivity index (χ4v) is 1.23. The van der Waals surface area contributed by atoms with Gasteiger partial charge in [0.05, 0.1) is 0 Å². The van der Waals surface area contributed by atoms with Crippen LogP contribution in [0.3, 0.4) is 0 Å². The van der Waals surface area contributed by atoms with Crippen molar-refractivity contribution >= 4 is 5.91 Å². The van der Waals surface area contributed by atoms with E-state index in [1.54, 1.807) is 6.20 Å². The van der Waals surface area contributed by atoms with Crippen molar-refractivity contribution in [1.82, 2.24) is 10.3 Å². The topological polar surface area (TPSA) is 42.0 Å². The Labute approximate surface area is 78.2 Å². The summed E-state index contributed by atoms with van der Waals surface area (Å²) >= 11 is 0. The highest BCUT2D eigenvalue weighted by molar-refractivity contribution is 5.73. The van der Waals surface area contributed by atoms with E-state index in [4.69, 9.17) is 0 Å². The summed E-state index contributed by atoms with van der Waals surface area (Å²) in [6.45, 7) is 3.49. The van der Waals surface area contributed by atoms with E-state index in [9.17, 15) is 4.79 Å². The van der Waals surface area contributed by atoms with Crippen LogP contribution in [-0.2, 0) is 11.2 Å². The van der Waals surface area contributed by atoms with Gasteiger partial charge in [-0.2, -0.15) is 0 Å². The zero-order chi connectivity index (χ0) is 9.68. The predicted molar refractivity (Wildman–Crippen MR) is 51.2 cm³/mol. The van der Waals surface area contributed by atoms with Crippen LogP contribution in [-0.4, -0.2) is 16.9 Å². The second kappa shape index (κ2) is 4.60. The van der Waals surface area contributed by atoms with Gasteiger partial charge in [-0.3, -0.25) is 9.78 Å². The number of rotatable bonds is 3. The van der Waals surface area contributed by atoms with E-state index in [2.05, 4.69) is 10.3 Å². The van der Waals surface area contributed by atoms with Crippen LogP contribution in [0.25, 0.3) is 0 Å². The fraction of sp³-hybridized carbons (Fsp3) is 0.400. The van der Waals surface area contributed by atoms with E-state index >= 15 is 0 Å². The molecule has 0 bridgehead atoms. The molecule has 1 amide bonds. The molecule has 0 spiro atoms. The van der Waals surface area contributed by atoms with Crippen LogP contribution >= 0.6 is 0 Å². The molecule has 3 nitrogen and oxygen atoms in total. The summed E-state index contributed by atoms with van der Waals surface area (Å²) in [7, 11) is 0. The van der Waals surface area contributed by atoms with E-state index in [0.717, 1.165) is 12.1 Å². The minimum Gasteiger partial charge on any atom is -0.354 e. The molecule has 0 fully saturated rings. The lowest BCUT2D eigenvalue weighted by atomic mass is 10.1. The van der Waals surface area contributed by atoms with Crippen LogP contribution in [0.15, 0.2) is 24.4 Å². The molecule has 0 saturated heterocycles. The third kappa shape index (κ3) is 3.69. The van der Waals surface area contributed by atoms with Crippen LogP contribution in [0.5, 0.6) is 0 Å². The molecule has 0 aromatic carbocycles. The lowest BCUT2D eigenvalue weighted by molar-refractivity contribution is -0.119. The number of pyridine rings is 1. The smallest absolute Gasteiger partial charge is 0.217 e. The molecule has 1 aromatic heterocycles. The molecule has 1 N–H and O–H groups in total. The number of nitrogens with zero attached hydrogens (tertiary/aromatic N) is 1. The Bertz CT molecular complexity index is 272. The van der Waals surface area contributed by atoms with Gasteiger partial charge < -0.3 is 5.32 Å². The van der Waals surface area contributed by atoms with Crippen molar-refractivity contribution in [2.75, 3.05) is 0 Å². The molecule has 1 heterocycles. The summed E-state index contributed by atoms with van der Waals surface area (Å²) in [4.78, 5) is 14.9. The monoisotopic (exact) mass is 178 g/mol. The quantitative estimate of drug-likeness (QED) is 0.754. The summed E-state index contributed by atoms with van der Waals surface area (Å²) < 4.78 is 0. The zero-order valence-corrected chi connectivity index (χ0v) is 7.95. The minimum absolute atomic E-state index is 0.00318. The Morgan fingerprint density at radius 3 is 2.92 bits per heavy atom. The molecule has 0 radical (unpaired) electrons. The number of carbonyl (C=O) groups excluding carboxylic acids is 1. The van der Waals surface area contributed by atoms with Crippen LogP contribution in [0.2, 0.25) is 0 Å². The third-order valence-corrected chi connectivity index (χ3v) is 1.69. The number of nitrogens with one attached hydrogen (secondary N) is 1. The number of hydrogen-bond acceptors (Lipinski definition) is 2. The van der Waals surface area contributed by atoms with Gasteiger partial charge in [-0.15, -0.1) is 0 Å². The van der Waals surface area contributed by atoms with Gasteiger partial charge in [-0.05, 0) is 19.1 Å². The van der Waals surface area contributed by atoms with Crippen LogP contribution in [0.4, 0.5) is 0 Å². The highest BCUT2D eigenvalue weighted by atomic mass is 16.1. The third-order valence-electron chi connectivity index (χ3n) is 1.69. The number of hydrogen-bond donors (Lipinski definition) is 1. The summed E-state index contributed by atoms with van der Waals surface area (Å²) in [5, 5.41) is 2.81. The molecule has 1 rings (SSSR count). The first-order valence-electron chi connectivity index (χ1n) is 4.35. The first kappa shape index (κ1) is 9.71. The van der Waals surface area contributed by atoms with Crippen molar-refractivity contribution in [2.24, 2.45) is 0 Å². The van der Waals surface area contributed by atoms with Gasteiger partial charge >= 0.3 is 0 Å². The Balaban J connectivity index is 2.45. The molecular formula is C10H14N2O. The first-order valence-corrected chi connectivity index (χ1v) is 4.35. The maximum atomic E-state index is 10.7. The number of aromatic nitrogens is 1. The summed E-state index contributed by atoms with van der Waals surface area (Å²) in [5.41, 5.74) is 1.00. The van der Waals surface area contributed by atoms with Crippen molar-refractivity contribution in [3.63, 3.8) is 0 Å². The Kier molecular flexibility index (Phi) is 3.43. The molecule has 1 atom stereocenters. The second-order valence-electron chi connectivity index (χ2n) is 3.13. The SMILES string of the molecule is CC(=O)N[C@H](C)Cc1ccccn1. The average Bonchev–Trinajstić information content (AvgIpc) is 2.04. The highest BCUT2D eigenvalue weighted by Crippen LogP contribution is 1.98. The van der Waals surface area contributed by atoms with Crippen molar-refractivity contribution in [2.45, 2.75) is 26.3 Å². The molecule has 13 heavy (non-hydrogen) atoms. The first-order chi connectivity index (χ1) is 6.18. The van der Waals surface area contributed by atoms with E-state index < -0.39 is 0 Å². The maximum Gasteiger partial charge on any atom is 0.217 e. The van der Waals surface area contributed by atoms with Crippen molar-refractivity contribution < 1.29 is 4.79 Å². The van der Waals surface area contributed by atoms with Crippen LogP contribution < -0.4 is 5.32 Å². The lowest BCUT2D eigenvalue weighted by Crippen LogP contribution is -2.32. The Morgan fingerprint density at radius 2 is 2.38 bits per heavy atom. The van der Waals surface area contributed by atoms with E-state index in [0.29, 0.717) is 0 Å². The Morgan fingerprint density at radius 1 is 1.62 bits per heavy atom. The van der Waals surface area contributed by atoms with E-state index in [-0.39, 0.29) is 11.9 Å². The maximum absolute atomic E-state index is 10.7. The Hall–Kier alpha value is -1.38. The molecule has 1 aromatic rings. The lowest BCUT2D eigenvalue weighted by Gasteiger charge is -2.10. The van der Waals surface area contributed by atoms with Gasteiger partial charge in [0, 0.05) is 31.3 Å². The molecular weight excluding hydrogens is 164 g/mol. The zero-order valence-electron chi connectivity index (χ0n) is 7.95. The second-order valence-corrected chi connectivity index (χ2v) is 3.13. The highest BCUT2D eigenvalue weighted by Gasteiger charge is 2.04. The van der Waals surface area contributed by atoms with Gasteiger partial charge in [0.15, 0.2) is 0 Å². The van der Waals surface area contributed by atoms with Gasteiger partial charge in [-0.25, -0.2) is 0 Å². The molecule has 0 saturated carbocycles. The van der Waals surface area contributed by atoms with E-state index in [1.807, 2.05) is 25.1 Å². The molecule has 0 aliphatic heterocycles. The molecule has 3 heteroatoms. The van der Waals surface area contributed by atoms with Crippen LogP contribution in [0, 0.1) is 0 Å². The molecule has 0 aliphatic carbocycles. The van der Waals surface area contributed by atoms with Gasteiger partial charge in [0.2, 0.25) is 5.91 Å². The van der Waals surface area contributed by atoms with Gasteiger partial charge in [0.1, 0.15) is 0 Å². The summed E-state index contributed by atoms with van der Waals surface area (Å²) in [5.74, 6) is 0.00318. The molecule has 0 unspecified atom stereocenters. The standard InChI is InChI=1S/C10H14N2O/c1-8(12-9(2)13)7-10-5-3-4-6-11-10/h3-6,8H,7H2,1-2H3,(H,12,13)/t8-/m1/s1. The number of carbonyl (C=O) groups is 1. The largest absolute Gasteiger partial charge is 0.354 e. The molecule has 0 aliphatic rings. The average molecular weight is 178 g/mol. The van der Waals surface area contributed by atoms with Gasteiger partial charge in [-0.1, -0.05) is 6.07 Å². The van der Waals surface area contributed by atoms with Crippen molar-refractivity contribution in [3.05, 3.63) is 30.1 Å². The summed E-state index contributed by atoms with van der Waals surface area (Å²) in [6.07, 6.45) is 2.54.